The van der Waals surface area contributed by atoms with Gasteiger partial charge in [0, 0.05) is 15.1 Å². The zero-order chi connectivity index (χ0) is 25.4. The van der Waals surface area contributed by atoms with Crippen LogP contribution >= 0.6 is 45.2 Å². The number of carbonyl (C=O) groups is 1. The van der Waals surface area contributed by atoms with Gasteiger partial charge in [-0.1, -0.05) is 6.58 Å². The van der Waals surface area contributed by atoms with Gasteiger partial charge in [-0.15, -0.1) is 0 Å². The van der Waals surface area contributed by atoms with Crippen LogP contribution in [-0.2, 0) is 24.4 Å². The number of alkyl halides is 4. The average Bonchev–Trinajstić information content (AvgIpc) is 3.40. The minimum atomic E-state index is -6.59. The van der Waals surface area contributed by atoms with Gasteiger partial charge in [-0.3, -0.25) is 0 Å². The lowest BCUT2D eigenvalue weighted by molar-refractivity contribution is -0.211. The fourth-order valence-electron chi connectivity index (χ4n) is 4.93. The first-order valence-electron chi connectivity index (χ1n) is 9.95. The molecular weight excluding hydrogens is 714 g/mol. The second kappa shape index (κ2) is 8.78. The molecule has 2 aliphatic carbocycles. The Hall–Kier alpha value is -0.560. The van der Waals surface area contributed by atoms with Crippen molar-refractivity contribution in [2.75, 3.05) is 0 Å². The predicted octanol–water partition coefficient (Wildman–Crippen LogP) is 4.59. The number of benzene rings is 1. The summed E-state index contributed by atoms with van der Waals surface area (Å²) in [5, 5.41) is -5.75. The second-order valence-corrected chi connectivity index (χ2v) is 12.4. The Balaban J connectivity index is 1.62. The predicted molar refractivity (Wildman–Crippen MR) is 124 cm³/mol. The van der Waals surface area contributed by atoms with Gasteiger partial charge in [0.2, 0.25) is 0 Å². The van der Waals surface area contributed by atoms with Gasteiger partial charge in [0.05, 0.1) is 21.3 Å². The first-order chi connectivity index (χ1) is 15.6. The molecule has 1 saturated heterocycles. The molecule has 1 aromatic carbocycles. The number of hydrogen-bond acceptors (Lipinski definition) is 7. The van der Waals surface area contributed by atoms with Crippen molar-refractivity contribution in [3.63, 3.8) is 0 Å². The third kappa shape index (κ3) is 4.18. The molecule has 34 heavy (non-hydrogen) atoms. The van der Waals surface area contributed by atoms with Gasteiger partial charge in [0.15, 0.2) is 22.2 Å². The molecule has 1 heterocycles. The molecule has 2 bridgehead atoms. The highest BCUT2D eigenvalue weighted by Gasteiger charge is 2.72. The normalized spacial score (nSPS) is 30.9. The van der Waals surface area contributed by atoms with Gasteiger partial charge in [-0.05, 0) is 88.9 Å². The quantitative estimate of drug-likeness (QED) is 0.105. The van der Waals surface area contributed by atoms with E-state index in [4.69, 9.17) is 14.2 Å². The van der Waals surface area contributed by atoms with Crippen molar-refractivity contribution in [3.05, 3.63) is 37.0 Å². The largest absolute Gasteiger partial charge is 0.743 e. The van der Waals surface area contributed by atoms with E-state index in [0.29, 0.717) is 9.13 Å². The Morgan fingerprint density at radius 2 is 1.79 bits per heavy atom. The molecule has 6 atom stereocenters. The molecule has 188 valence electrons. The van der Waals surface area contributed by atoms with E-state index in [1.807, 2.05) is 45.2 Å². The van der Waals surface area contributed by atoms with E-state index in [1.165, 1.54) is 6.92 Å². The highest BCUT2D eigenvalue weighted by molar-refractivity contribution is 14.1. The highest BCUT2D eigenvalue weighted by atomic mass is 127. The molecule has 3 aliphatic rings. The molecule has 0 aromatic heterocycles. The van der Waals surface area contributed by atoms with Crippen LogP contribution < -0.4 is 4.74 Å². The minimum Gasteiger partial charge on any atom is -0.743 e. The van der Waals surface area contributed by atoms with Crippen LogP contribution in [0.2, 0.25) is 0 Å². The van der Waals surface area contributed by atoms with E-state index in [9.17, 15) is 35.3 Å². The number of carbonyl (C=O) groups excluding carboxylic acids is 1. The molecule has 6 unspecified atom stereocenters. The molecule has 0 amide bonds. The van der Waals surface area contributed by atoms with Crippen LogP contribution in [0.4, 0.5) is 17.6 Å². The SMILES string of the molecule is C=C(C)C(=O)Oc1c(I)cc(I)cc1C1OC2C3CC(C2O1)C(C(F)(F)C(F)(F)S(=O)(=O)[O-])C3. The van der Waals surface area contributed by atoms with Crippen LogP contribution in [0, 0.1) is 24.9 Å². The standard InChI is InChI=1S/C20H18F4I2O7S/c1-7(2)17(27)31-15-11(5-9(25)6-13(15)26)18-32-14-8-3-10(16(14)33-18)12(4-8)19(21,22)20(23,24)34(28,29)30/h5-6,8,10,12,14,16,18H,1,3-4H2,2H3,(H,28,29,30)/p-1. The topological polar surface area (TPSA) is 102 Å². The van der Waals surface area contributed by atoms with E-state index in [0.717, 1.165) is 3.57 Å². The number of rotatable bonds is 6. The Kier molecular flexibility index (Phi) is 6.84. The van der Waals surface area contributed by atoms with Gasteiger partial charge in [-0.2, -0.15) is 17.6 Å². The van der Waals surface area contributed by atoms with Gasteiger partial charge in [-0.25, -0.2) is 13.2 Å². The molecule has 7 nitrogen and oxygen atoms in total. The zero-order valence-corrected chi connectivity index (χ0v) is 22.4. The van der Waals surface area contributed by atoms with E-state index in [2.05, 4.69) is 6.58 Å². The second-order valence-electron chi connectivity index (χ2n) is 8.60. The van der Waals surface area contributed by atoms with E-state index < -0.39 is 69.9 Å². The van der Waals surface area contributed by atoms with Crippen LogP contribution in [0.3, 0.4) is 0 Å². The summed E-state index contributed by atoms with van der Waals surface area (Å²) in [5.74, 6) is -9.44. The summed E-state index contributed by atoms with van der Waals surface area (Å²) < 4.78 is 108. The first-order valence-corrected chi connectivity index (χ1v) is 13.5. The summed E-state index contributed by atoms with van der Waals surface area (Å²) in [5.41, 5.74) is 0.457. The maximum absolute atomic E-state index is 14.6. The van der Waals surface area contributed by atoms with Gasteiger partial charge < -0.3 is 18.8 Å². The van der Waals surface area contributed by atoms with Crippen LogP contribution in [0.15, 0.2) is 24.3 Å². The average molecular weight is 731 g/mol. The Morgan fingerprint density at radius 1 is 1.18 bits per heavy atom. The third-order valence-electron chi connectivity index (χ3n) is 6.42. The van der Waals surface area contributed by atoms with E-state index in [1.54, 1.807) is 12.1 Å². The molecule has 0 spiro atoms. The van der Waals surface area contributed by atoms with Crippen LogP contribution in [0.25, 0.3) is 0 Å². The summed E-state index contributed by atoms with van der Waals surface area (Å²) in [6, 6.07) is 3.36. The van der Waals surface area contributed by atoms with E-state index in [-0.39, 0.29) is 17.7 Å². The Morgan fingerprint density at radius 3 is 2.38 bits per heavy atom. The number of ether oxygens (including phenoxy) is 3. The smallest absolute Gasteiger partial charge is 0.396 e. The monoisotopic (exact) mass is 731 g/mol. The Labute approximate surface area is 219 Å². The number of esters is 1. The summed E-state index contributed by atoms with van der Waals surface area (Å²) in [6.45, 7) is 4.99. The lowest BCUT2D eigenvalue weighted by Gasteiger charge is -2.38. The molecule has 1 aromatic rings. The van der Waals surface area contributed by atoms with Crippen LogP contribution in [0.1, 0.15) is 31.6 Å². The summed E-state index contributed by atoms with van der Waals surface area (Å²) in [6.07, 6.45) is -3.22. The molecular formula is C20H17F4I2O7S-. The van der Waals surface area contributed by atoms with E-state index >= 15 is 0 Å². The third-order valence-corrected chi connectivity index (χ3v) is 8.75. The molecule has 3 fully saturated rings. The molecule has 0 N–H and O–H groups in total. The number of hydrogen-bond donors (Lipinski definition) is 0. The van der Waals surface area contributed by atoms with Crippen molar-refractivity contribution in [2.24, 2.45) is 17.8 Å². The fraction of sp³-hybridized carbons (Fsp3) is 0.550. The lowest BCUT2D eigenvalue weighted by Crippen LogP contribution is -2.55. The molecule has 1 aliphatic heterocycles. The Bertz CT molecular complexity index is 1160. The molecule has 2 saturated carbocycles. The summed E-state index contributed by atoms with van der Waals surface area (Å²) in [7, 11) is -6.59. The lowest BCUT2D eigenvalue weighted by atomic mass is 9.81. The number of fused-ring (bicyclic) bond motifs is 5. The molecule has 4 rings (SSSR count). The van der Waals surface area contributed by atoms with Crippen molar-refractivity contribution in [1.82, 2.24) is 0 Å². The summed E-state index contributed by atoms with van der Waals surface area (Å²) >= 11 is 3.97. The fourth-order valence-corrected chi connectivity index (χ4v) is 7.41. The van der Waals surface area contributed by atoms with Crippen molar-refractivity contribution in [3.8, 4) is 5.75 Å². The van der Waals surface area contributed by atoms with Crippen molar-refractivity contribution >= 4 is 61.3 Å². The molecule has 14 heteroatoms. The maximum atomic E-state index is 14.6. The van der Waals surface area contributed by atoms with Crippen molar-refractivity contribution < 1.29 is 49.5 Å². The van der Waals surface area contributed by atoms with Gasteiger partial charge in [0.1, 0.15) is 0 Å². The minimum absolute atomic E-state index is 0.0681. The van der Waals surface area contributed by atoms with Crippen LogP contribution in [-0.4, -0.2) is 42.3 Å². The molecule has 0 radical (unpaired) electrons. The van der Waals surface area contributed by atoms with Crippen LogP contribution in [0.5, 0.6) is 5.75 Å². The maximum Gasteiger partial charge on any atom is 0.396 e. The van der Waals surface area contributed by atoms with Crippen molar-refractivity contribution in [2.45, 2.75) is 49.4 Å². The summed E-state index contributed by atoms with van der Waals surface area (Å²) in [4.78, 5) is 12.1. The zero-order valence-electron chi connectivity index (χ0n) is 17.3. The van der Waals surface area contributed by atoms with Gasteiger partial charge >= 0.3 is 17.1 Å². The van der Waals surface area contributed by atoms with Crippen molar-refractivity contribution in [1.29, 1.82) is 0 Å². The van der Waals surface area contributed by atoms with Gasteiger partial charge in [0.25, 0.3) is 0 Å². The highest BCUT2D eigenvalue weighted by Crippen LogP contribution is 2.62. The number of halogens is 6. The first kappa shape index (κ1) is 26.5.